The molecule has 0 spiro atoms. The Kier molecular flexibility index (Phi) is 12.2. The van der Waals surface area contributed by atoms with Crippen LogP contribution in [0.25, 0.3) is 33.6 Å². The van der Waals surface area contributed by atoms with E-state index in [1.165, 1.54) is 7.11 Å². The molecule has 4 heterocycles. The van der Waals surface area contributed by atoms with Gasteiger partial charge in [0, 0.05) is 25.9 Å². The van der Waals surface area contributed by atoms with Gasteiger partial charge in [0.1, 0.15) is 23.7 Å². The van der Waals surface area contributed by atoms with Gasteiger partial charge in [-0.1, -0.05) is 109 Å². The second-order valence-electron chi connectivity index (χ2n) is 15.5. The summed E-state index contributed by atoms with van der Waals surface area (Å²) in [4.78, 5) is 71.3. The highest BCUT2D eigenvalue weighted by Crippen LogP contribution is 2.35. The molecule has 6 aromatic rings. The van der Waals surface area contributed by atoms with Crippen LogP contribution in [0.2, 0.25) is 0 Å². The Labute approximate surface area is 353 Å². The quantitative estimate of drug-likeness (QED) is 0.0803. The van der Waals surface area contributed by atoms with Crippen molar-refractivity contribution in [3.8, 4) is 33.6 Å². The average molecular weight is 821 g/mol. The Morgan fingerprint density at radius 1 is 0.639 bits per heavy atom. The first-order valence-corrected chi connectivity index (χ1v) is 20.6. The van der Waals surface area contributed by atoms with Crippen LogP contribution in [0.15, 0.2) is 122 Å². The number of nitrogens with one attached hydrogen (secondary N) is 4. The van der Waals surface area contributed by atoms with Crippen molar-refractivity contribution >= 4 is 24.0 Å². The maximum absolute atomic E-state index is 13.9. The molecule has 4 aromatic carbocycles. The van der Waals surface area contributed by atoms with E-state index in [1.807, 2.05) is 84.9 Å². The van der Waals surface area contributed by atoms with Crippen molar-refractivity contribution < 1.29 is 29.0 Å². The number of hydrogen-bond donors (Lipinski definition) is 5. The number of H-pyrrole nitrogens is 2. The number of carbonyl (C=O) groups is 4. The van der Waals surface area contributed by atoms with Crippen LogP contribution in [0.3, 0.4) is 0 Å². The molecule has 0 bridgehead atoms. The molecule has 2 fully saturated rings. The monoisotopic (exact) mass is 820 g/mol. The van der Waals surface area contributed by atoms with Gasteiger partial charge < -0.3 is 40.2 Å². The molecule has 5 N–H and O–H groups in total. The SMILES string of the molecule is COC(=O)N[C@@H](Cc1ccccc1)C(=O)N1CCC[C@H]1c1ncc(-c2ccc(-c3ccc(-c4cnc([C@@H]5CCCN5C(=O)[C@H](Cc5ccccc5)NC(=O)O)[nH]4)cc3)cc2)[nH]1. The predicted octanol–water partition coefficient (Wildman–Crippen LogP) is 7.31. The highest BCUT2D eigenvalue weighted by atomic mass is 16.5. The van der Waals surface area contributed by atoms with Crippen molar-refractivity contribution in [2.75, 3.05) is 20.2 Å². The van der Waals surface area contributed by atoms with Crippen LogP contribution in [-0.4, -0.2) is 91.1 Å². The number of aromatic nitrogens is 4. The molecule has 0 unspecified atom stereocenters. The molecule has 14 heteroatoms. The van der Waals surface area contributed by atoms with E-state index in [1.54, 1.807) is 22.2 Å². The molecule has 8 rings (SSSR count). The maximum Gasteiger partial charge on any atom is 0.407 e. The molecule has 0 saturated carbocycles. The molecule has 2 aliphatic heterocycles. The standard InChI is InChI=1S/C47H48N8O6/c1-61-47(60)53-37(27-31-12-6-3-7-13-31)45(57)55-25-9-15-41(55)43-49-29-39(51-43)35-22-18-33(19-23-35)32-16-20-34(21-17-32)38-28-48-42(50-38)40-14-8-24-54(40)44(56)36(52-46(58)59)26-30-10-4-2-5-11-30/h2-7,10-13,16-23,28-29,36-37,40-41,52H,8-9,14-15,24-27H2,1H3,(H,48,50)(H,49,51)(H,53,60)(H,58,59)/t36-,37-,40-,41-/m0/s1. The van der Waals surface area contributed by atoms with Crippen molar-refractivity contribution in [3.63, 3.8) is 0 Å². The molecule has 312 valence electrons. The average Bonchev–Trinajstić information content (AvgIpc) is 4.14. The Bertz CT molecular complexity index is 2450. The van der Waals surface area contributed by atoms with Gasteiger partial charge in [0.05, 0.1) is 43.0 Å². The summed E-state index contributed by atoms with van der Waals surface area (Å²) in [5.74, 6) is 0.937. The van der Waals surface area contributed by atoms with E-state index in [4.69, 9.17) is 9.72 Å². The molecule has 0 aliphatic carbocycles. The number of amides is 4. The summed E-state index contributed by atoms with van der Waals surface area (Å²) in [6.07, 6.45) is 5.38. The fourth-order valence-electron chi connectivity index (χ4n) is 8.47. The van der Waals surface area contributed by atoms with Gasteiger partial charge in [-0.25, -0.2) is 19.6 Å². The summed E-state index contributed by atoms with van der Waals surface area (Å²) in [7, 11) is 1.29. The van der Waals surface area contributed by atoms with Crippen LogP contribution in [0.1, 0.15) is 60.5 Å². The van der Waals surface area contributed by atoms with Gasteiger partial charge in [-0.15, -0.1) is 0 Å². The zero-order chi connectivity index (χ0) is 42.3. The largest absolute Gasteiger partial charge is 0.465 e. The number of hydrogen-bond acceptors (Lipinski definition) is 7. The lowest BCUT2D eigenvalue weighted by Crippen LogP contribution is -2.49. The van der Waals surface area contributed by atoms with Crippen molar-refractivity contribution in [1.82, 2.24) is 40.4 Å². The molecular weight excluding hydrogens is 773 g/mol. The van der Waals surface area contributed by atoms with Crippen LogP contribution in [0, 0.1) is 0 Å². The van der Waals surface area contributed by atoms with Gasteiger partial charge in [0.2, 0.25) is 11.8 Å². The van der Waals surface area contributed by atoms with E-state index in [9.17, 15) is 24.3 Å². The zero-order valence-electron chi connectivity index (χ0n) is 33.8. The lowest BCUT2D eigenvalue weighted by atomic mass is 10.0. The van der Waals surface area contributed by atoms with Gasteiger partial charge in [-0.2, -0.15) is 0 Å². The fourth-order valence-corrected chi connectivity index (χ4v) is 8.47. The third kappa shape index (κ3) is 9.33. The molecule has 2 aromatic heterocycles. The van der Waals surface area contributed by atoms with Crippen molar-refractivity contribution in [2.45, 2.75) is 62.7 Å². The summed E-state index contributed by atoms with van der Waals surface area (Å²) in [6.45, 7) is 1.09. The van der Waals surface area contributed by atoms with Crippen molar-refractivity contribution in [1.29, 1.82) is 0 Å². The smallest absolute Gasteiger partial charge is 0.407 e. The number of imidazole rings is 2. The van der Waals surface area contributed by atoms with Crippen LogP contribution in [-0.2, 0) is 27.2 Å². The minimum absolute atomic E-state index is 0.175. The number of alkyl carbamates (subject to hydrolysis) is 1. The van der Waals surface area contributed by atoms with Crippen LogP contribution < -0.4 is 10.6 Å². The van der Waals surface area contributed by atoms with E-state index >= 15 is 0 Å². The topological polar surface area (TPSA) is 186 Å². The molecule has 2 aliphatic rings. The molecule has 4 amide bonds. The van der Waals surface area contributed by atoms with E-state index in [-0.39, 0.29) is 30.3 Å². The van der Waals surface area contributed by atoms with Gasteiger partial charge in [-0.05, 0) is 59.1 Å². The number of ether oxygens (including phenoxy) is 1. The Morgan fingerprint density at radius 3 is 1.46 bits per heavy atom. The number of likely N-dealkylation sites (tertiary alicyclic amines) is 2. The van der Waals surface area contributed by atoms with E-state index < -0.39 is 24.3 Å². The highest BCUT2D eigenvalue weighted by molar-refractivity contribution is 5.87. The number of nitrogens with zero attached hydrogens (tertiary/aromatic N) is 4. The van der Waals surface area contributed by atoms with Gasteiger partial charge in [-0.3, -0.25) is 9.59 Å². The Hall–Kier alpha value is -7.22. The fraction of sp³-hybridized carbons (Fsp3) is 0.277. The number of benzene rings is 4. The van der Waals surface area contributed by atoms with Gasteiger partial charge >= 0.3 is 12.2 Å². The summed E-state index contributed by atoms with van der Waals surface area (Å²) >= 11 is 0. The first-order valence-electron chi connectivity index (χ1n) is 20.6. The summed E-state index contributed by atoms with van der Waals surface area (Å²) in [5.41, 5.74) is 7.45. The van der Waals surface area contributed by atoms with E-state index in [0.717, 1.165) is 70.5 Å². The number of methoxy groups -OCH3 is 1. The number of carboxylic acid groups (broad SMARTS) is 1. The first-order chi connectivity index (χ1) is 29.7. The van der Waals surface area contributed by atoms with E-state index in [2.05, 4.69) is 49.9 Å². The predicted molar refractivity (Wildman–Crippen MR) is 229 cm³/mol. The zero-order valence-corrected chi connectivity index (χ0v) is 33.8. The molecule has 4 atom stereocenters. The third-order valence-corrected chi connectivity index (χ3v) is 11.6. The van der Waals surface area contributed by atoms with Crippen molar-refractivity contribution in [3.05, 3.63) is 144 Å². The highest BCUT2D eigenvalue weighted by Gasteiger charge is 2.38. The normalized spacial score (nSPS) is 17.1. The van der Waals surface area contributed by atoms with Crippen molar-refractivity contribution in [2.24, 2.45) is 0 Å². The minimum atomic E-state index is -1.24. The molecule has 61 heavy (non-hydrogen) atoms. The molecular formula is C47H48N8O6. The second kappa shape index (κ2) is 18.4. The van der Waals surface area contributed by atoms with Gasteiger partial charge in [0.25, 0.3) is 0 Å². The van der Waals surface area contributed by atoms with Crippen LogP contribution in [0.5, 0.6) is 0 Å². The Morgan fingerprint density at radius 2 is 1.05 bits per heavy atom. The second-order valence-corrected chi connectivity index (χ2v) is 15.5. The van der Waals surface area contributed by atoms with E-state index in [0.29, 0.717) is 31.2 Å². The molecule has 0 radical (unpaired) electrons. The first kappa shape index (κ1) is 40.6. The van der Waals surface area contributed by atoms with Crippen LogP contribution in [0.4, 0.5) is 9.59 Å². The number of aromatic amines is 2. The summed E-state index contributed by atoms with van der Waals surface area (Å²) in [6, 6.07) is 33.2. The third-order valence-electron chi connectivity index (χ3n) is 11.6. The molecule has 14 nitrogen and oxygen atoms in total. The summed E-state index contributed by atoms with van der Waals surface area (Å²) < 4.78 is 4.84. The number of rotatable bonds is 13. The molecule has 2 saturated heterocycles. The lowest BCUT2D eigenvalue weighted by Gasteiger charge is -2.28. The minimum Gasteiger partial charge on any atom is -0.465 e. The maximum atomic E-state index is 13.9. The Balaban J connectivity index is 0.913. The number of carbonyl (C=O) groups excluding carboxylic acids is 3. The lowest BCUT2D eigenvalue weighted by molar-refractivity contribution is -0.135. The summed E-state index contributed by atoms with van der Waals surface area (Å²) in [5, 5.41) is 14.7. The van der Waals surface area contributed by atoms with Crippen LogP contribution >= 0.6 is 0 Å². The van der Waals surface area contributed by atoms with Gasteiger partial charge in [0.15, 0.2) is 0 Å².